The summed E-state index contributed by atoms with van der Waals surface area (Å²) < 4.78 is 27.1. The van der Waals surface area contributed by atoms with Crippen LogP contribution < -0.4 is 46.4 Å². The van der Waals surface area contributed by atoms with Gasteiger partial charge in [-0.3, -0.25) is 31.0 Å². The summed E-state index contributed by atoms with van der Waals surface area (Å²) in [4.78, 5) is 26.4. The Morgan fingerprint density at radius 2 is 0.906 bits per heavy atom. The summed E-state index contributed by atoms with van der Waals surface area (Å²) in [5, 5.41) is 20.1. The number of rotatable bonds is 16. The lowest BCUT2D eigenvalue weighted by atomic mass is 10.2. The summed E-state index contributed by atoms with van der Waals surface area (Å²) in [5.41, 5.74) is 14.7. The number of aromatic amines is 1. The molecule has 0 bridgehead atoms. The van der Waals surface area contributed by atoms with E-state index in [1.165, 1.54) is 0 Å². The van der Waals surface area contributed by atoms with Gasteiger partial charge in [-0.1, -0.05) is 121 Å². The number of ether oxygens (including phenoxy) is 4. The van der Waals surface area contributed by atoms with Gasteiger partial charge in [0.1, 0.15) is 55.8 Å². The summed E-state index contributed by atoms with van der Waals surface area (Å²) in [6.45, 7) is 2.13. The number of hydrogen-bond acceptors (Lipinski definition) is 14. The molecule has 10 rings (SSSR count). The van der Waals surface area contributed by atoms with Crippen molar-refractivity contribution in [1.29, 1.82) is 0 Å². The third-order valence-electron chi connectivity index (χ3n) is 11.8. The highest BCUT2D eigenvalue weighted by Gasteiger charge is 2.09. The third-order valence-corrected chi connectivity index (χ3v) is 12.6. The standard InChI is InChI=1S/C16H17N3O2S.C16H15N3OS.C16H15N3O.C14H14N2O2.C2H3NS/c1-17-16(22)19-18-15(20)13-7-9-14(10-8-13)21-11-12-5-3-2-4-6-12;1-19-15(17-18-16(19)21)13-7-9-14(10-8-13)20-11-12-5-3-2-4-6-12;1-19-12-17-18-16(19)14-7-9-15(10-8-14)20-11-13-5-3-2-4-6-13;15-16-14(17)12-6-8-13(9-7-12)18-10-11-4-2-1-3-5-11;1-3-2-4/h2-10H,11H2,1H3,(H,18,20)(H2,17,19,22);2-10H,11H2,1H3,(H,18,21);2-10,12H,11H2,1H3;1-9H,10,15H2,(H,16,17);1H3. The van der Waals surface area contributed by atoms with Gasteiger partial charge in [0.25, 0.3) is 11.8 Å². The Morgan fingerprint density at radius 3 is 1.21 bits per heavy atom. The third kappa shape index (κ3) is 22.3. The van der Waals surface area contributed by atoms with Crippen molar-refractivity contribution in [2.24, 2.45) is 24.9 Å². The molecule has 0 saturated carbocycles. The zero-order valence-corrected chi connectivity index (χ0v) is 49.6. The summed E-state index contributed by atoms with van der Waals surface area (Å²) in [6.07, 6.45) is 1.69. The second-order valence-corrected chi connectivity index (χ2v) is 18.8. The minimum Gasteiger partial charge on any atom is -0.489 e. The lowest BCUT2D eigenvalue weighted by Gasteiger charge is -2.10. The van der Waals surface area contributed by atoms with Crippen molar-refractivity contribution in [1.82, 2.24) is 51.1 Å². The number of aromatic nitrogens is 6. The number of carbonyl (C=O) groups is 2. The van der Waals surface area contributed by atoms with Gasteiger partial charge in [0, 0.05) is 50.4 Å². The number of amides is 2. The van der Waals surface area contributed by atoms with Gasteiger partial charge < -0.3 is 33.4 Å². The highest BCUT2D eigenvalue weighted by atomic mass is 32.1. The van der Waals surface area contributed by atoms with Crippen molar-refractivity contribution in [3.63, 3.8) is 0 Å². The van der Waals surface area contributed by atoms with Gasteiger partial charge in [-0.05, 0) is 156 Å². The average Bonchev–Trinajstić information content (AvgIpc) is 4.32. The molecule has 0 spiro atoms. The molecule has 2 heterocycles. The number of aryl methyl sites for hydroxylation is 1. The van der Waals surface area contributed by atoms with Crippen molar-refractivity contribution in [2.75, 3.05) is 14.1 Å². The molecule has 21 heteroatoms. The van der Waals surface area contributed by atoms with Crippen molar-refractivity contribution in [3.8, 4) is 45.8 Å². The van der Waals surface area contributed by atoms with E-state index in [1.54, 1.807) is 69.0 Å². The Labute approximate surface area is 509 Å². The first-order valence-electron chi connectivity index (χ1n) is 26.2. The number of carbonyl (C=O) groups excluding carboxylic acids is 2. The fraction of sp³-hybridized carbons (Fsp3) is 0.125. The van der Waals surface area contributed by atoms with Gasteiger partial charge in [-0.25, -0.2) is 10.8 Å². The van der Waals surface area contributed by atoms with Gasteiger partial charge in [0.2, 0.25) is 0 Å². The number of benzene rings is 8. The first-order valence-corrected chi connectivity index (χ1v) is 27.5. The number of thiocarbonyl (C=S) groups is 2. The van der Waals surface area contributed by atoms with Gasteiger partial charge in [-0.2, -0.15) is 5.10 Å². The Kier molecular flexibility index (Phi) is 26.9. The van der Waals surface area contributed by atoms with E-state index in [-0.39, 0.29) is 11.8 Å². The first-order chi connectivity index (χ1) is 41.5. The van der Waals surface area contributed by atoms with Gasteiger partial charge in [-0.15, -0.1) is 10.2 Å². The van der Waals surface area contributed by atoms with Crippen molar-refractivity contribution in [3.05, 3.63) is 263 Å². The number of nitrogens with two attached hydrogens (primary N) is 1. The normalized spacial score (nSPS) is 9.85. The molecular formula is C64H64N12O6S3. The Balaban J connectivity index is 0.000000178. The Morgan fingerprint density at radius 1 is 0.553 bits per heavy atom. The van der Waals surface area contributed by atoms with E-state index < -0.39 is 0 Å². The van der Waals surface area contributed by atoms with Crippen LogP contribution in [0.15, 0.2) is 230 Å². The monoisotopic (exact) mass is 1190 g/mol. The van der Waals surface area contributed by atoms with Gasteiger partial charge in [0.15, 0.2) is 21.5 Å². The molecule has 10 aromatic rings. The molecule has 0 aliphatic heterocycles. The molecule has 0 unspecified atom stereocenters. The molecule has 2 aromatic heterocycles. The van der Waals surface area contributed by atoms with Crippen LogP contribution in [0.4, 0.5) is 0 Å². The molecule has 0 saturated heterocycles. The van der Waals surface area contributed by atoms with E-state index in [9.17, 15) is 9.59 Å². The number of hydrogen-bond donors (Lipinski definition) is 6. The maximum atomic E-state index is 11.9. The van der Waals surface area contributed by atoms with Gasteiger partial charge >= 0.3 is 0 Å². The van der Waals surface area contributed by atoms with E-state index >= 15 is 0 Å². The predicted octanol–water partition coefficient (Wildman–Crippen LogP) is 11.4. The van der Waals surface area contributed by atoms with Crippen molar-refractivity contribution < 1.29 is 28.5 Å². The fourth-order valence-corrected chi connectivity index (χ4v) is 7.43. The van der Waals surface area contributed by atoms with Crippen LogP contribution in [0, 0.1) is 4.77 Å². The van der Waals surface area contributed by atoms with Crippen LogP contribution >= 0.6 is 36.7 Å². The van der Waals surface area contributed by atoms with Crippen LogP contribution in [0.25, 0.3) is 22.8 Å². The highest BCUT2D eigenvalue weighted by molar-refractivity contribution is 7.80. The summed E-state index contributed by atoms with van der Waals surface area (Å²) in [7, 11) is 7.07. The van der Waals surface area contributed by atoms with E-state index in [1.807, 2.05) is 193 Å². The highest BCUT2D eigenvalue weighted by Crippen LogP contribution is 2.23. The van der Waals surface area contributed by atoms with E-state index in [2.05, 4.69) is 64.4 Å². The summed E-state index contributed by atoms with van der Waals surface area (Å²) in [5.74, 6) is 9.22. The number of H-pyrrole nitrogens is 1. The largest absolute Gasteiger partial charge is 0.489 e. The van der Waals surface area contributed by atoms with Crippen LogP contribution in [0.2, 0.25) is 0 Å². The number of hydrazine groups is 2. The number of isothiocyanates is 1. The maximum Gasteiger partial charge on any atom is 0.269 e. The SMILES string of the molecule is CN=C=S.CNC(=S)NNC(=O)c1ccc(OCc2ccccc2)cc1.Cn1c(-c2ccc(OCc3ccccc3)cc2)n[nH]c1=S.Cn1cnnc1-c1ccc(OCc2ccccc2)cc1.NNC(=O)c1ccc(OCc2ccccc2)cc1. The molecule has 2 amide bonds. The molecule has 7 N–H and O–H groups in total. The zero-order chi connectivity index (χ0) is 60.4. The molecule has 0 radical (unpaired) electrons. The molecule has 85 heavy (non-hydrogen) atoms. The lowest BCUT2D eigenvalue weighted by molar-refractivity contribution is 0.0939. The Bertz CT molecular complexity index is 3680. The molecule has 0 atom stereocenters. The van der Waals surface area contributed by atoms with Gasteiger partial charge in [0.05, 0.1) is 5.16 Å². The lowest BCUT2D eigenvalue weighted by Crippen LogP contribution is -2.45. The van der Waals surface area contributed by atoms with E-state index in [0.717, 1.165) is 56.5 Å². The van der Waals surface area contributed by atoms with Crippen LogP contribution in [0.3, 0.4) is 0 Å². The number of nitrogens with zero attached hydrogens (tertiary/aromatic N) is 6. The molecule has 8 aromatic carbocycles. The quantitative estimate of drug-likeness (QED) is 0.0174. The molecule has 434 valence electrons. The zero-order valence-electron chi connectivity index (χ0n) is 47.1. The average molecular weight is 1190 g/mol. The van der Waals surface area contributed by atoms with Crippen molar-refractivity contribution >= 4 is 58.7 Å². The minimum absolute atomic E-state index is 0.271. The molecule has 0 aliphatic rings. The smallest absolute Gasteiger partial charge is 0.269 e. The molecular weight excluding hydrogens is 1130 g/mol. The summed E-state index contributed by atoms with van der Waals surface area (Å²) in [6, 6.07) is 69.4. The van der Waals surface area contributed by atoms with Crippen LogP contribution in [0.1, 0.15) is 43.0 Å². The van der Waals surface area contributed by atoms with Crippen LogP contribution in [-0.2, 0) is 40.5 Å². The predicted molar refractivity (Wildman–Crippen MR) is 341 cm³/mol. The number of aliphatic imine (C=N–C) groups is 1. The second-order valence-electron chi connectivity index (χ2n) is 17.8. The van der Waals surface area contributed by atoms with Crippen LogP contribution in [0.5, 0.6) is 23.0 Å². The van der Waals surface area contributed by atoms with Crippen LogP contribution in [-0.4, -0.2) is 65.7 Å². The number of nitrogen functional groups attached to an aromatic ring is 1. The maximum absolute atomic E-state index is 11.9. The fourth-order valence-electron chi connectivity index (χ4n) is 7.25. The first kappa shape index (κ1) is 64.0. The topological polar surface area (TPSA) is 222 Å². The molecule has 0 aliphatic carbocycles. The van der Waals surface area contributed by atoms with Crippen molar-refractivity contribution in [2.45, 2.75) is 26.4 Å². The molecule has 18 nitrogen and oxygen atoms in total. The minimum atomic E-state index is -0.315. The second kappa shape index (κ2) is 35.7. The number of nitrogens with one attached hydrogen (secondary N) is 5. The molecule has 0 fully saturated rings. The van der Waals surface area contributed by atoms with E-state index in [4.69, 9.17) is 49.2 Å². The Hall–Kier alpha value is -10.2. The summed E-state index contributed by atoms with van der Waals surface area (Å²) >= 11 is 14.1. The van der Waals surface area contributed by atoms with E-state index in [0.29, 0.717) is 58.9 Å².